The van der Waals surface area contributed by atoms with Gasteiger partial charge in [0.2, 0.25) is 11.9 Å². The Balaban J connectivity index is 1.70. The quantitative estimate of drug-likeness (QED) is 0.535. The van der Waals surface area contributed by atoms with Crippen molar-refractivity contribution in [1.29, 1.82) is 5.26 Å². The van der Waals surface area contributed by atoms with Crippen LogP contribution in [0.25, 0.3) is 10.8 Å². The summed E-state index contributed by atoms with van der Waals surface area (Å²) >= 11 is 0. The number of fused-ring (bicyclic) bond motifs is 1. The van der Waals surface area contributed by atoms with Gasteiger partial charge in [-0.2, -0.15) is 18.7 Å². The van der Waals surface area contributed by atoms with Crippen LogP contribution in [0.5, 0.6) is 0 Å². The molecule has 144 valence electrons. The van der Waals surface area contributed by atoms with E-state index in [1.807, 2.05) is 31.2 Å². The lowest BCUT2D eigenvalue weighted by molar-refractivity contribution is 0.581. The van der Waals surface area contributed by atoms with Crippen molar-refractivity contribution < 1.29 is 8.42 Å². The molecule has 4 aromatic rings. The summed E-state index contributed by atoms with van der Waals surface area (Å²) in [6, 6.07) is 19.4. The number of nitriles is 1. The van der Waals surface area contributed by atoms with E-state index in [0.717, 1.165) is 16.3 Å². The van der Waals surface area contributed by atoms with E-state index >= 15 is 0 Å². The number of nitrogens with zero attached hydrogens (tertiary/aromatic N) is 4. The van der Waals surface area contributed by atoms with Gasteiger partial charge in [-0.15, -0.1) is 9.19 Å². The van der Waals surface area contributed by atoms with Crippen molar-refractivity contribution in [2.75, 3.05) is 11.1 Å². The zero-order valence-corrected chi connectivity index (χ0v) is 16.2. The van der Waals surface area contributed by atoms with Crippen LogP contribution in [0, 0.1) is 18.3 Å². The van der Waals surface area contributed by atoms with Gasteiger partial charge in [-0.05, 0) is 53.6 Å². The normalized spacial score (nSPS) is 11.3. The minimum atomic E-state index is -4.02. The molecule has 29 heavy (non-hydrogen) atoms. The summed E-state index contributed by atoms with van der Waals surface area (Å²) in [4.78, 5) is 4.08. The molecule has 1 heterocycles. The Labute approximate surface area is 167 Å². The Kier molecular flexibility index (Phi) is 4.41. The van der Waals surface area contributed by atoms with Crippen LogP contribution in [0.4, 0.5) is 17.6 Å². The van der Waals surface area contributed by atoms with Gasteiger partial charge in [-0.25, -0.2) is 0 Å². The van der Waals surface area contributed by atoms with E-state index in [4.69, 9.17) is 11.0 Å². The second-order valence-electron chi connectivity index (χ2n) is 6.42. The van der Waals surface area contributed by atoms with Crippen molar-refractivity contribution in [3.63, 3.8) is 0 Å². The molecule has 0 aliphatic heterocycles. The number of benzene rings is 3. The second kappa shape index (κ2) is 6.92. The van der Waals surface area contributed by atoms with E-state index in [9.17, 15) is 8.42 Å². The molecule has 0 atom stereocenters. The number of aryl methyl sites for hydroxylation is 1. The van der Waals surface area contributed by atoms with Gasteiger partial charge < -0.3 is 11.1 Å². The van der Waals surface area contributed by atoms with Crippen molar-refractivity contribution >= 4 is 38.4 Å². The van der Waals surface area contributed by atoms with Crippen LogP contribution in [-0.2, 0) is 10.0 Å². The van der Waals surface area contributed by atoms with Crippen LogP contribution in [0.1, 0.15) is 11.1 Å². The third kappa shape index (κ3) is 3.37. The van der Waals surface area contributed by atoms with E-state index in [1.165, 1.54) is 6.07 Å². The van der Waals surface area contributed by atoms with Gasteiger partial charge in [0.05, 0.1) is 16.5 Å². The first kappa shape index (κ1) is 18.5. The number of aromatic nitrogens is 3. The molecule has 0 bridgehead atoms. The van der Waals surface area contributed by atoms with E-state index in [0.29, 0.717) is 15.3 Å². The molecule has 3 N–H and O–H groups in total. The molecule has 0 fully saturated rings. The lowest BCUT2D eigenvalue weighted by atomic mass is 10.1. The SMILES string of the molecule is Cc1cc(C#N)ccc1Nc1nc(N)n(S(=O)(=O)c2ccc3ccccc3c2)n1. The standard InChI is InChI=1S/C20H16N6O2S/c1-13-10-14(12-21)6-9-18(13)23-20-24-19(22)26(25-20)29(27,28)17-8-7-15-4-2-3-5-16(15)11-17/h2-11H,1H3,(H3,22,23,24,25). The largest absolute Gasteiger partial charge is 0.367 e. The summed E-state index contributed by atoms with van der Waals surface area (Å²) in [6.45, 7) is 1.81. The maximum Gasteiger partial charge on any atom is 0.286 e. The minimum Gasteiger partial charge on any atom is -0.367 e. The molecule has 0 aliphatic carbocycles. The second-order valence-corrected chi connectivity index (χ2v) is 8.18. The molecule has 9 heteroatoms. The number of hydrogen-bond donors (Lipinski definition) is 2. The first-order valence-electron chi connectivity index (χ1n) is 8.63. The zero-order valence-electron chi connectivity index (χ0n) is 15.4. The lowest BCUT2D eigenvalue weighted by Gasteiger charge is -2.07. The van der Waals surface area contributed by atoms with Crippen LogP contribution in [0.15, 0.2) is 65.6 Å². The highest BCUT2D eigenvalue weighted by atomic mass is 32.2. The van der Waals surface area contributed by atoms with E-state index in [2.05, 4.69) is 21.5 Å². The molecule has 3 aromatic carbocycles. The number of anilines is 3. The summed E-state index contributed by atoms with van der Waals surface area (Å²) in [5.74, 6) is -0.216. The molecule has 0 radical (unpaired) electrons. The maximum atomic E-state index is 13.0. The van der Waals surface area contributed by atoms with Crippen LogP contribution in [0.2, 0.25) is 0 Å². The monoisotopic (exact) mass is 404 g/mol. The smallest absolute Gasteiger partial charge is 0.286 e. The minimum absolute atomic E-state index is 0.0414. The molecule has 4 rings (SSSR count). The number of nitrogens with one attached hydrogen (secondary N) is 1. The molecule has 0 aliphatic rings. The highest BCUT2D eigenvalue weighted by Gasteiger charge is 2.23. The summed E-state index contributed by atoms with van der Waals surface area (Å²) in [6.07, 6.45) is 0. The van der Waals surface area contributed by atoms with Crippen molar-refractivity contribution in [2.24, 2.45) is 0 Å². The lowest BCUT2D eigenvalue weighted by Crippen LogP contribution is -2.17. The molecule has 1 aromatic heterocycles. The summed E-state index contributed by atoms with van der Waals surface area (Å²) in [5.41, 5.74) is 7.79. The zero-order chi connectivity index (χ0) is 20.6. The molecular formula is C20H16N6O2S. The van der Waals surface area contributed by atoms with Crippen LogP contribution < -0.4 is 11.1 Å². The highest BCUT2D eigenvalue weighted by molar-refractivity contribution is 7.90. The fourth-order valence-corrected chi connectivity index (χ4v) is 4.15. The van der Waals surface area contributed by atoms with Crippen LogP contribution in [0.3, 0.4) is 0 Å². The topological polar surface area (TPSA) is 127 Å². The number of rotatable bonds is 4. The fourth-order valence-electron chi connectivity index (χ4n) is 2.96. The van der Waals surface area contributed by atoms with Gasteiger partial charge >= 0.3 is 0 Å². The third-order valence-corrected chi connectivity index (χ3v) is 6.02. The summed E-state index contributed by atoms with van der Waals surface area (Å²) in [7, 11) is -4.02. The predicted molar refractivity (Wildman–Crippen MR) is 110 cm³/mol. The Morgan fingerprint density at radius 2 is 1.83 bits per heavy atom. The summed E-state index contributed by atoms with van der Waals surface area (Å²) in [5, 5.41) is 17.7. The highest BCUT2D eigenvalue weighted by Crippen LogP contribution is 2.24. The first-order chi connectivity index (χ1) is 13.9. The molecule has 0 spiro atoms. The predicted octanol–water partition coefficient (Wildman–Crippen LogP) is 3.17. The van der Waals surface area contributed by atoms with E-state index < -0.39 is 10.0 Å². The van der Waals surface area contributed by atoms with Gasteiger partial charge in [0.1, 0.15) is 0 Å². The van der Waals surface area contributed by atoms with Crippen molar-refractivity contribution in [2.45, 2.75) is 11.8 Å². The van der Waals surface area contributed by atoms with Crippen molar-refractivity contribution in [1.82, 2.24) is 14.2 Å². The maximum absolute atomic E-state index is 13.0. The molecule has 8 nitrogen and oxygen atoms in total. The molecule has 0 saturated carbocycles. The number of nitrogen functional groups attached to an aromatic ring is 1. The number of hydrogen-bond acceptors (Lipinski definition) is 7. The van der Waals surface area contributed by atoms with Crippen LogP contribution >= 0.6 is 0 Å². The average Bonchev–Trinajstić information content (AvgIpc) is 3.10. The van der Waals surface area contributed by atoms with Gasteiger partial charge in [0, 0.05) is 5.69 Å². The Morgan fingerprint density at radius 1 is 1.07 bits per heavy atom. The fraction of sp³-hybridized carbons (Fsp3) is 0.0500. The van der Waals surface area contributed by atoms with Gasteiger partial charge in [0.25, 0.3) is 10.0 Å². The Hall–Kier alpha value is -3.90. The molecule has 0 unspecified atom stereocenters. The average molecular weight is 404 g/mol. The van der Waals surface area contributed by atoms with E-state index in [1.54, 1.807) is 30.3 Å². The molecule has 0 amide bonds. The van der Waals surface area contributed by atoms with Gasteiger partial charge in [-0.3, -0.25) is 0 Å². The Morgan fingerprint density at radius 3 is 2.55 bits per heavy atom. The van der Waals surface area contributed by atoms with Crippen LogP contribution in [-0.4, -0.2) is 22.6 Å². The van der Waals surface area contributed by atoms with Gasteiger partial charge in [0.15, 0.2) is 0 Å². The van der Waals surface area contributed by atoms with Crippen molar-refractivity contribution in [3.8, 4) is 6.07 Å². The summed E-state index contributed by atoms with van der Waals surface area (Å²) < 4.78 is 26.8. The first-order valence-corrected chi connectivity index (χ1v) is 10.1. The van der Waals surface area contributed by atoms with Crippen molar-refractivity contribution in [3.05, 3.63) is 71.8 Å². The number of nitrogens with two attached hydrogens (primary N) is 1. The third-order valence-electron chi connectivity index (χ3n) is 4.45. The Bertz CT molecular complexity index is 1390. The van der Waals surface area contributed by atoms with E-state index in [-0.39, 0.29) is 16.8 Å². The van der Waals surface area contributed by atoms with Gasteiger partial charge in [-0.1, -0.05) is 30.3 Å². The molecule has 0 saturated heterocycles. The molecular weight excluding hydrogens is 388 g/mol.